The van der Waals surface area contributed by atoms with E-state index in [0.29, 0.717) is 12.1 Å². The van der Waals surface area contributed by atoms with Crippen LogP contribution in [0.5, 0.6) is 0 Å². The molecule has 13 heavy (non-hydrogen) atoms. The van der Waals surface area contributed by atoms with Crippen molar-refractivity contribution in [2.24, 2.45) is 5.73 Å². The molecule has 0 aromatic heterocycles. The SMILES string of the molecule is CCC(N)CCCN(C)C(C)CC. The maximum atomic E-state index is 5.85. The Balaban J connectivity index is 3.41. The van der Waals surface area contributed by atoms with Crippen molar-refractivity contribution in [3.63, 3.8) is 0 Å². The fourth-order valence-corrected chi connectivity index (χ4v) is 1.34. The largest absolute Gasteiger partial charge is 0.328 e. The topological polar surface area (TPSA) is 29.3 Å². The molecule has 2 heteroatoms. The van der Waals surface area contributed by atoms with Crippen LogP contribution in [0.25, 0.3) is 0 Å². The lowest BCUT2D eigenvalue weighted by Crippen LogP contribution is -2.30. The predicted octanol–water partition coefficient (Wildman–Crippen LogP) is 2.23. The molecule has 2 nitrogen and oxygen atoms in total. The van der Waals surface area contributed by atoms with Crippen molar-refractivity contribution >= 4 is 0 Å². The Morgan fingerprint density at radius 1 is 1.23 bits per heavy atom. The maximum Gasteiger partial charge on any atom is 0.00612 e. The molecule has 0 radical (unpaired) electrons. The second kappa shape index (κ2) is 7.34. The Labute approximate surface area is 83.5 Å². The van der Waals surface area contributed by atoms with Crippen LogP contribution in [0.1, 0.15) is 46.5 Å². The van der Waals surface area contributed by atoms with Gasteiger partial charge in [0.1, 0.15) is 0 Å². The zero-order valence-electron chi connectivity index (χ0n) is 9.71. The molecule has 0 aliphatic heterocycles. The van der Waals surface area contributed by atoms with Gasteiger partial charge in [0.15, 0.2) is 0 Å². The van der Waals surface area contributed by atoms with Crippen LogP contribution in [-0.4, -0.2) is 30.6 Å². The van der Waals surface area contributed by atoms with Crippen LogP contribution in [0.15, 0.2) is 0 Å². The van der Waals surface area contributed by atoms with Gasteiger partial charge < -0.3 is 10.6 Å². The Bertz CT molecular complexity index is 115. The predicted molar refractivity (Wildman–Crippen MR) is 59.9 cm³/mol. The molecule has 0 spiro atoms. The van der Waals surface area contributed by atoms with Gasteiger partial charge >= 0.3 is 0 Å². The van der Waals surface area contributed by atoms with Gasteiger partial charge in [-0.05, 0) is 46.2 Å². The number of nitrogens with zero attached hydrogens (tertiary/aromatic N) is 1. The summed E-state index contributed by atoms with van der Waals surface area (Å²) in [4.78, 5) is 2.42. The Hall–Kier alpha value is -0.0800. The molecule has 0 aliphatic rings. The first-order valence-electron chi connectivity index (χ1n) is 5.57. The second-order valence-electron chi connectivity index (χ2n) is 4.05. The van der Waals surface area contributed by atoms with Gasteiger partial charge in [0.05, 0.1) is 0 Å². The minimum absolute atomic E-state index is 0.408. The Kier molecular flexibility index (Phi) is 7.29. The summed E-state index contributed by atoms with van der Waals surface area (Å²) < 4.78 is 0. The van der Waals surface area contributed by atoms with Gasteiger partial charge in [-0.25, -0.2) is 0 Å². The van der Waals surface area contributed by atoms with Gasteiger partial charge in [0, 0.05) is 12.1 Å². The maximum absolute atomic E-state index is 5.85. The molecule has 0 aromatic carbocycles. The lowest BCUT2D eigenvalue weighted by atomic mass is 10.1. The summed E-state index contributed by atoms with van der Waals surface area (Å²) in [7, 11) is 2.20. The fraction of sp³-hybridized carbons (Fsp3) is 1.00. The van der Waals surface area contributed by atoms with Gasteiger partial charge in [-0.1, -0.05) is 13.8 Å². The summed E-state index contributed by atoms with van der Waals surface area (Å²) in [6, 6.07) is 1.11. The van der Waals surface area contributed by atoms with E-state index in [0.717, 1.165) is 12.8 Å². The molecule has 2 N–H and O–H groups in total. The van der Waals surface area contributed by atoms with Gasteiger partial charge in [0.2, 0.25) is 0 Å². The van der Waals surface area contributed by atoms with Crippen LogP contribution in [0.2, 0.25) is 0 Å². The third-order valence-electron chi connectivity index (χ3n) is 2.95. The highest BCUT2D eigenvalue weighted by Crippen LogP contribution is 2.04. The van der Waals surface area contributed by atoms with Gasteiger partial charge in [-0.15, -0.1) is 0 Å². The second-order valence-corrected chi connectivity index (χ2v) is 4.05. The minimum Gasteiger partial charge on any atom is -0.328 e. The van der Waals surface area contributed by atoms with Crippen LogP contribution in [0.4, 0.5) is 0 Å². The summed E-state index contributed by atoms with van der Waals surface area (Å²) in [5, 5.41) is 0. The molecule has 0 saturated carbocycles. The van der Waals surface area contributed by atoms with Crippen molar-refractivity contribution in [3.05, 3.63) is 0 Å². The van der Waals surface area contributed by atoms with Crippen molar-refractivity contribution in [2.75, 3.05) is 13.6 Å². The van der Waals surface area contributed by atoms with E-state index in [4.69, 9.17) is 5.73 Å². The fourth-order valence-electron chi connectivity index (χ4n) is 1.34. The smallest absolute Gasteiger partial charge is 0.00612 e. The average Bonchev–Trinajstić information content (AvgIpc) is 2.15. The van der Waals surface area contributed by atoms with Crippen molar-refractivity contribution in [2.45, 2.75) is 58.5 Å². The zero-order valence-corrected chi connectivity index (χ0v) is 9.71. The van der Waals surface area contributed by atoms with E-state index in [2.05, 4.69) is 32.7 Å². The monoisotopic (exact) mass is 186 g/mol. The third kappa shape index (κ3) is 6.05. The van der Waals surface area contributed by atoms with Crippen LogP contribution in [0, 0.1) is 0 Å². The highest BCUT2D eigenvalue weighted by Gasteiger charge is 2.06. The van der Waals surface area contributed by atoms with E-state index in [1.807, 2.05) is 0 Å². The van der Waals surface area contributed by atoms with E-state index in [1.54, 1.807) is 0 Å². The van der Waals surface area contributed by atoms with E-state index >= 15 is 0 Å². The molecule has 2 atom stereocenters. The molecule has 2 unspecified atom stereocenters. The lowest BCUT2D eigenvalue weighted by Gasteiger charge is -2.23. The summed E-state index contributed by atoms with van der Waals surface area (Å²) in [5.74, 6) is 0. The highest BCUT2D eigenvalue weighted by molar-refractivity contribution is 4.64. The first kappa shape index (κ1) is 12.9. The van der Waals surface area contributed by atoms with Crippen molar-refractivity contribution in [1.82, 2.24) is 4.90 Å². The third-order valence-corrected chi connectivity index (χ3v) is 2.95. The van der Waals surface area contributed by atoms with Gasteiger partial charge in [-0.3, -0.25) is 0 Å². The summed E-state index contributed by atoms with van der Waals surface area (Å²) >= 11 is 0. The van der Waals surface area contributed by atoms with E-state index in [-0.39, 0.29) is 0 Å². The van der Waals surface area contributed by atoms with Crippen LogP contribution < -0.4 is 5.73 Å². The van der Waals surface area contributed by atoms with E-state index in [1.165, 1.54) is 19.4 Å². The molecule has 0 rings (SSSR count). The quantitative estimate of drug-likeness (QED) is 0.660. The molecule has 0 bridgehead atoms. The highest BCUT2D eigenvalue weighted by atomic mass is 15.1. The molecular weight excluding hydrogens is 160 g/mol. The summed E-state index contributed by atoms with van der Waals surface area (Å²) in [5.41, 5.74) is 5.85. The standard InChI is InChI=1S/C11H26N2/c1-5-10(3)13(4)9-7-8-11(12)6-2/h10-11H,5-9,12H2,1-4H3. The zero-order chi connectivity index (χ0) is 10.3. The normalized spacial score (nSPS) is 16.2. The Morgan fingerprint density at radius 3 is 2.31 bits per heavy atom. The van der Waals surface area contributed by atoms with Gasteiger partial charge in [-0.2, -0.15) is 0 Å². The van der Waals surface area contributed by atoms with Crippen molar-refractivity contribution in [1.29, 1.82) is 0 Å². The molecule has 0 aliphatic carbocycles. The van der Waals surface area contributed by atoms with Crippen LogP contribution in [-0.2, 0) is 0 Å². The first-order valence-corrected chi connectivity index (χ1v) is 5.57. The first-order chi connectivity index (χ1) is 6.11. The number of rotatable bonds is 7. The van der Waals surface area contributed by atoms with Crippen molar-refractivity contribution < 1.29 is 0 Å². The average molecular weight is 186 g/mol. The van der Waals surface area contributed by atoms with Gasteiger partial charge in [0.25, 0.3) is 0 Å². The lowest BCUT2D eigenvalue weighted by molar-refractivity contribution is 0.244. The Morgan fingerprint density at radius 2 is 1.85 bits per heavy atom. The molecule has 80 valence electrons. The molecule has 0 fully saturated rings. The van der Waals surface area contributed by atoms with E-state index < -0.39 is 0 Å². The van der Waals surface area contributed by atoms with Crippen LogP contribution >= 0.6 is 0 Å². The van der Waals surface area contributed by atoms with Crippen molar-refractivity contribution in [3.8, 4) is 0 Å². The molecule has 0 saturated heterocycles. The molecule has 0 heterocycles. The minimum atomic E-state index is 0.408. The molecule has 0 aromatic rings. The van der Waals surface area contributed by atoms with E-state index in [9.17, 15) is 0 Å². The van der Waals surface area contributed by atoms with Crippen LogP contribution in [0.3, 0.4) is 0 Å². The molecule has 0 amide bonds. The number of nitrogens with two attached hydrogens (primary N) is 1. The molecular formula is C11H26N2. The summed E-state index contributed by atoms with van der Waals surface area (Å²) in [6.45, 7) is 7.85. The number of hydrogen-bond acceptors (Lipinski definition) is 2. The summed E-state index contributed by atoms with van der Waals surface area (Å²) in [6.07, 6.45) is 4.73. The number of hydrogen-bond donors (Lipinski definition) is 1.